The van der Waals surface area contributed by atoms with Gasteiger partial charge in [0.1, 0.15) is 6.61 Å². The molecule has 0 aromatic heterocycles. The summed E-state index contributed by atoms with van der Waals surface area (Å²) in [6.07, 6.45) is 0.137. The number of benzene rings is 2. The highest BCUT2D eigenvalue weighted by molar-refractivity contribution is 5.82. The van der Waals surface area contributed by atoms with Gasteiger partial charge in [0, 0.05) is 0 Å². The molecule has 154 valence electrons. The summed E-state index contributed by atoms with van der Waals surface area (Å²) in [5.41, 5.74) is 2.27. The van der Waals surface area contributed by atoms with Gasteiger partial charge in [-0.1, -0.05) is 50.2 Å². The van der Waals surface area contributed by atoms with Crippen molar-refractivity contribution in [2.24, 2.45) is 5.92 Å². The number of hydrogen-bond acceptors (Lipinski definition) is 5. The molecule has 0 radical (unpaired) electrons. The third-order valence-corrected chi connectivity index (χ3v) is 4.62. The molecule has 6 heteroatoms. The Kier molecular flexibility index (Phi) is 6.75. The molecular weight excluding hydrogens is 370 g/mol. The van der Waals surface area contributed by atoms with E-state index in [2.05, 4.69) is 31.3 Å². The van der Waals surface area contributed by atoms with E-state index in [0.717, 1.165) is 12.0 Å². The molecule has 2 aromatic carbocycles. The predicted molar refractivity (Wildman–Crippen MR) is 109 cm³/mol. The zero-order valence-electron chi connectivity index (χ0n) is 17.0. The Hall–Kier alpha value is -3.02. The van der Waals surface area contributed by atoms with E-state index in [1.165, 1.54) is 5.56 Å². The topological polar surface area (TPSA) is 73.9 Å². The molecule has 0 spiro atoms. The molecule has 0 bridgehead atoms. The minimum absolute atomic E-state index is 0.0522. The molecule has 2 atom stereocenters. The first-order valence-corrected chi connectivity index (χ1v) is 9.85. The van der Waals surface area contributed by atoms with Crippen LogP contribution in [0.25, 0.3) is 0 Å². The molecule has 0 aliphatic carbocycles. The van der Waals surface area contributed by atoms with Crippen LogP contribution in [-0.2, 0) is 20.7 Å². The van der Waals surface area contributed by atoms with E-state index in [0.29, 0.717) is 17.4 Å². The lowest BCUT2D eigenvalue weighted by Gasteiger charge is -2.25. The normalized spacial score (nSPS) is 16.2. The average molecular weight is 397 g/mol. The number of ether oxygens (including phenoxy) is 3. The van der Waals surface area contributed by atoms with Crippen molar-refractivity contribution in [3.8, 4) is 11.5 Å². The van der Waals surface area contributed by atoms with Gasteiger partial charge in [0.05, 0.1) is 6.04 Å². The van der Waals surface area contributed by atoms with Crippen LogP contribution in [-0.4, -0.2) is 31.2 Å². The van der Waals surface area contributed by atoms with Gasteiger partial charge in [-0.05, 0) is 42.5 Å². The lowest BCUT2D eigenvalue weighted by Crippen LogP contribution is -2.40. The molecule has 1 aliphatic heterocycles. The van der Waals surface area contributed by atoms with Gasteiger partial charge in [0.25, 0.3) is 5.91 Å². The number of esters is 1. The highest BCUT2D eigenvalue weighted by atomic mass is 16.6. The molecule has 0 unspecified atom stereocenters. The maximum atomic E-state index is 12.2. The van der Waals surface area contributed by atoms with Gasteiger partial charge in [0.15, 0.2) is 18.1 Å². The molecule has 29 heavy (non-hydrogen) atoms. The van der Waals surface area contributed by atoms with Gasteiger partial charge in [-0.3, -0.25) is 4.79 Å². The van der Waals surface area contributed by atoms with Gasteiger partial charge in [0.2, 0.25) is 6.10 Å². The molecule has 6 nitrogen and oxygen atoms in total. The van der Waals surface area contributed by atoms with Crippen molar-refractivity contribution in [3.05, 3.63) is 59.7 Å². The fourth-order valence-electron chi connectivity index (χ4n) is 3.15. The van der Waals surface area contributed by atoms with Crippen LogP contribution in [0.1, 0.15) is 37.9 Å². The Morgan fingerprint density at radius 1 is 1.07 bits per heavy atom. The third-order valence-electron chi connectivity index (χ3n) is 4.62. The summed E-state index contributed by atoms with van der Waals surface area (Å²) in [5, 5.41) is 2.84. The van der Waals surface area contributed by atoms with Gasteiger partial charge >= 0.3 is 5.97 Å². The fourth-order valence-corrected chi connectivity index (χ4v) is 3.15. The Morgan fingerprint density at radius 3 is 2.45 bits per heavy atom. The smallest absolute Gasteiger partial charge is 0.351 e. The molecule has 2 aromatic rings. The van der Waals surface area contributed by atoms with Crippen molar-refractivity contribution >= 4 is 11.9 Å². The van der Waals surface area contributed by atoms with Gasteiger partial charge < -0.3 is 19.5 Å². The maximum absolute atomic E-state index is 12.2. The Balaban J connectivity index is 1.45. The van der Waals surface area contributed by atoms with Crippen LogP contribution in [0.2, 0.25) is 0 Å². The summed E-state index contributed by atoms with van der Waals surface area (Å²) in [6.45, 7) is 5.95. The van der Waals surface area contributed by atoms with E-state index in [1.54, 1.807) is 18.2 Å². The second-order valence-electron chi connectivity index (χ2n) is 7.60. The molecule has 0 fully saturated rings. The summed E-state index contributed by atoms with van der Waals surface area (Å²) < 4.78 is 16.2. The van der Waals surface area contributed by atoms with E-state index in [4.69, 9.17) is 14.2 Å². The number of hydrogen-bond donors (Lipinski definition) is 1. The highest BCUT2D eigenvalue weighted by Crippen LogP contribution is 2.31. The predicted octanol–water partition coefficient (Wildman–Crippen LogP) is 3.45. The summed E-state index contributed by atoms with van der Waals surface area (Å²) in [5.74, 6) is 0.677. The Morgan fingerprint density at radius 2 is 1.76 bits per heavy atom. The van der Waals surface area contributed by atoms with Crippen molar-refractivity contribution in [3.63, 3.8) is 0 Å². The van der Waals surface area contributed by atoms with E-state index < -0.39 is 12.1 Å². The first kappa shape index (κ1) is 20.7. The molecule has 3 rings (SSSR count). The average Bonchev–Trinajstić information content (AvgIpc) is 2.71. The summed E-state index contributed by atoms with van der Waals surface area (Å²) in [7, 11) is 0. The lowest BCUT2D eigenvalue weighted by atomic mass is 10.00. The van der Waals surface area contributed by atoms with Crippen LogP contribution >= 0.6 is 0 Å². The standard InChI is InChI=1S/C23H27NO5/c1-15(2)12-17-8-10-18(11-9-17)16(3)24-22(25)14-28-23(26)21-13-27-19-6-4-5-7-20(19)29-21/h4-11,15-16,21H,12-14H2,1-3H3,(H,24,25)/t16-,21+/m0/s1. The Bertz CT molecular complexity index is 847. The number of para-hydroxylation sites is 2. The van der Waals surface area contributed by atoms with Gasteiger partial charge in [-0.25, -0.2) is 4.79 Å². The largest absolute Gasteiger partial charge is 0.485 e. The minimum Gasteiger partial charge on any atom is -0.485 e. The number of carbonyl (C=O) groups excluding carboxylic acids is 2. The van der Waals surface area contributed by atoms with Crippen LogP contribution in [0, 0.1) is 5.92 Å². The van der Waals surface area contributed by atoms with Gasteiger partial charge in [-0.15, -0.1) is 0 Å². The minimum atomic E-state index is -0.886. The number of amides is 1. The van der Waals surface area contributed by atoms with Crippen molar-refractivity contribution in [1.82, 2.24) is 5.32 Å². The number of nitrogens with one attached hydrogen (secondary N) is 1. The molecule has 1 aliphatic rings. The van der Waals surface area contributed by atoms with Gasteiger partial charge in [-0.2, -0.15) is 0 Å². The zero-order valence-corrected chi connectivity index (χ0v) is 17.0. The quantitative estimate of drug-likeness (QED) is 0.725. The molecule has 1 N–H and O–H groups in total. The monoisotopic (exact) mass is 397 g/mol. The van der Waals surface area contributed by atoms with E-state index in [1.807, 2.05) is 25.1 Å². The van der Waals surface area contributed by atoms with Crippen LogP contribution in [0.3, 0.4) is 0 Å². The molecular formula is C23H27NO5. The van der Waals surface area contributed by atoms with Crippen molar-refractivity contribution in [2.45, 2.75) is 39.3 Å². The fraction of sp³-hybridized carbons (Fsp3) is 0.391. The number of fused-ring (bicyclic) bond motifs is 1. The SMILES string of the molecule is CC(C)Cc1ccc([C@H](C)NC(=O)COC(=O)[C@H]2COc3ccccc3O2)cc1. The first-order chi connectivity index (χ1) is 13.9. The van der Waals surface area contributed by atoms with Crippen LogP contribution in [0.4, 0.5) is 0 Å². The summed E-state index contributed by atoms with van der Waals surface area (Å²) in [4.78, 5) is 24.4. The second-order valence-corrected chi connectivity index (χ2v) is 7.60. The molecule has 0 saturated heterocycles. The van der Waals surface area contributed by atoms with Crippen LogP contribution < -0.4 is 14.8 Å². The summed E-state index contributed by atoms with van der Waals surface area (Å²) in [6, 6.07) is 15.1. The van der Waals surface area contributed by atoms with Crippen LogP contribution in [0.5, 0.6) is 11.5 Å². The highest BCUT2D eigenvalue weighted by Gasteiger charge is 2.29. The van der Waals surface area contributed by atoms with E-state index in [-0.39, 0.29) is 25.2 Å². The summed E-state index contributed by atoms with van der Waals surface area (Å²) >= 11 is 0. The van der Waals surface area contributed by atoms with E-state index >= 15 is 0 Å². The lowest BCUT2D eigenvalue weighted by molar-refractivity contribution is -0.157. The van der Waals surface area contributed by atoms with Crippen molar-refractivity contribution in [1.29, 1.82) is 0 Å². The number of carbonyl (C=O) groups is 2. The number of rotatable bonds is 7. The third kappa shape index (κ3) is 5.73. The second kappa shape index (κ2) is 9.45. The van der Waals surface area contributed by atoms with E-state index in [9.17, 15) is 9.59 Å². The van der Waals surface area contributed by atoms with Crippen LogP contribution in [0.15, 0.2) is 48.5 Å². The zero-order chi connectivity index (χ0) is 20.8. The first-order valence-electron chi connectivity index (χ1n) is 9.85. The van der Waals surface area contributed by atoms with Crippen molar-refractivity contribution in [2.75, 3.05) is 13.2 Å². The molecule has 0 saturated carbocycles. The Labute approximate surface area is 171 Å². The molecule has 1 amide bonds. The molecule has 1 heterocycles. The van der Waals surface area contributed by atoms with Crippen molar-refractivity contribution < 1.29 is 23.8 Å². The maximum Gasteiger partial charge on any atom is 0.351 e.